The Morgan fingerprint density at radius 1 is 1.26 bits per heavy atom. The van der Waals surface area contributed by atoms with E-state index in [9.17, 15) is 4.79 Å². The Morgan fingerprint density at radius 2 is 1.95 bits per heavy atom. The zero-order valence-electron chi connectivity index (χ0n) is 11.6. The average molecular weight is 271 g/mol. The number of rotatable bonds is 5. The van der Waals surface area contributed by atoms with Crippen molar-refractivity contribution in [3.8, 4) is 11.5 Å². The molecule has 5 heteroatoms. The predicted octanol–water partition coefficient (Wildman–Crippen LogP) is -0.248. The average Bonchev–Trinajstić information content (AvgIpc) is 2.35. The molecule has 0 heterocycles. The molecule has 0 unspecified atom stereocenters. The maximum atomic E-state index is 10.5. The van der Waals surface area contributed by atoms with Gasteiger partial charge < -0.3 is 14.6 Å². The minimum absolute atomic E-state index is 0. The molecule has 0 saturated carbocycles. The number of carboxylic acid groups (broad SMARTS) is 1. The molecular weight excluding hydrogens is 255 g/mol. The third-order valence-electron chi connectivity index (χ3n) is 2.32. The number of benzene rings is 1. The van der Waals surface area contributed by atoms with Gasteiger partial charge in [0.15, 0.2) is 0 Å². The summed E-state index contributed by atoms with van der Waals surface area (Å²) in [6.07, 6.45) is 4.66. The van der Waals surface area contributed by atoms with Gasteiger partial charge in [-0.1, -0.05) is 12.2 Å². The van der Waals surface area contributed by atoms with Crippen molar-refractivity contribution in [2.45, 2.75) is 6.92 Å². The van der Waals surface area contributed by atoms with Crippen molar-refractivity contribution in [1.82, 2.24) is 0 Å². The second-order valence-electron chi connectivity index (χ2n) is 3.67. The molecule has 4 nitrogen and oxygen atoms in total. The molecule has 0 saturated heterocycles. The van der Waals surface area contributed by atoms with Crippen LogP contribution >= 0.6 is 0 Å². The third-order valence-corrected chi connectivity index (χ3v) is 2.32. The van der Waals surface area contributed by atoms with E-state index in [0.717, 1.165) is 11.6 Å². The van der Waals surface area contributed by atoms with E-state index in [2.05, 4.69) is 0 Å². The van der Waals surface area contributed by atoms with Crippen LogP contribution in [-0.2, 0) is 4.79 Å². The summed E-state index contributed by atoms with van der Waals surface area (Å²) in [5.41, 5.74) is 1.51. The van der Waals surface area contributed by atoms with Crippen LogP contribution in [0, 0.1) is 0 Å². The fourth-order valence-electron chi connectivity index (χ4n) is 1.42. The molecule has 0 fully saturated rings. The monoisotopic (exact) mass is 271 g/mol. The summed E-state index contributed by atoms with van der Waals surface area (Å²) in [6.45, 7) is 1.72. The molecule has 0 aliphatic heterocycles. The number of aliphatic carboxylic acids is 1. The molecule has 0 amide bonds. The molecule has 0 aliphatic carbocycles. The standard InChI is InChI=1S/C14H16O4.Na/c1-10(8-14(15)16)4-5-11-6-7-12(17-2)9-13(11)18-3;/h4-9H,1-3H3,(H,15,16);/q;+1/b5-4+,10-8-;. The second kappa shape index (κ2) is 8.80. The van der Waals surface area contributed by atoms with Gasteiger partial charge in [-0.05, 0) is 24.6 Å². The van der Waals surface area contributed by atoms with Gasteiger partial charge in [0, 0.05) is 17.7 Å². The first-order valence-electron chi connectivity index (χ1n) is 5.38. The van der Waals surface area contributed by atoms with E-state index in [0.29, 0.717) is 17.1 Å². The van der Waals surface area contributed by atoms with E-state index in [4.69, 9.17) is 14.6 Å². The van der Waals surface area contributed by atoms with Crippen molar-refractivity contribution < 1.29 is 48.9 Å². The molecule has 96 valence electrons. The van der Waals surface area contributed by atoms with Crippen LogP contribution in [0.4, 0.5) is 0 Å². The SMILES string of the molecule is COc1ccc(/C=C/C(C)=C\C(=O)O)c(OC)c1.[Na+]. The quantitative estimate of drug-likeness (QED) is 0.456. The largest absolute Gasteiger partial charge is 1.00 e. The summed E-state index contributed by atoms with van der Waals surface area (Å²) in [7, 11) is 3.16. The third kappa shape index (κ3) is 5.96. The van der Waals surface area contributed by atoms with Gasteiger partial charge in [-0.3, -0.25) is 0 Å². The molecule has 1 N–H and O–H groups in total. The number of hydrogen-bond acceptors (Lipinski definition) is 3. The maximum absolute atomic E-state index is 10.5. The molecule has 0 aromatic heterocycles. The Morgan fingerprint density at radius 3 is 2.47 bits per heavy atom. The first-order valence-corrected chi connectivity index (χ1v) is 5.38. The van der Waals surface area contributed by atoms with Crippen LogP contribution < -0.4 is 39.0 Å². The molecule has 0 atom stereocenters. The van der Waals surface area contributed by atoms with E-state index in [1.54, 1.807) is 39.4 Å². The Kier molecular flexibility index (Phi) is 8.23. The van der Waals surface area contributed by atoms with Crippen LogP contribution in [0.1, 0.15) is 12.5 Å². The maximum Gasteiger partial charge on any atom is 1.00 e. The number of carbonyl (C=O) groups is 1. The minimum atomic E-state index is -0.959. The molecule has 1 rings (SSSR count). The number of hydrogen-bond donors (Lipinski definition) is 1. The molecule has 1 aromatic carbocycles. The van der Waals surface area contributed by atoms with Crippen molar-refractivity contribution in [3.05, 3.63) is 41.5 Å². The van der Waals surface area contributed by atoms with Crippen LogP contribution in [0.15, 0.2) is 35.9 Å². The van der Waals surface area contributed by atoms with Gasteiger partial charge in [0.05, 0.1) is 14.2 Å². The second-order valence-corrected chi connectivity index (χ2v) is 3.67. The van der Waals surface area contributed by atoms with Crippen molar-refractivity contribution in [2.75, 3.05) is 14.2 Å². The summed E-state index contributed by atoms with van der Waals surface area (Å²) in [4.78, 5) is 10.5. The van der Waals surface area contributed by atoms with E-state index in [1.807, 2.05) is 12.1 Å². The first kappa shape index (κ1) is 17.8. The van der Waals surface area contributed by atoms with Gasteiger partial charge >= 0.3 is 35.5 Å². The van der Waals surface area contributed by atoms with E-state index < -0.39 is 5.97 Å². The summed E-state index contributed by atoms with van der Waals surface area (Å²) < 4.78 is 10.3. The van der Waals surface area contributed by atoms with Crippen LogP contribution in [0.5, 0.6) is 11.5 Å². The van der Waals surface area contributed by atoms with Crippen LogP contribution in [0.25, 0.3) is 6.08 Å². The Hall–Kier alpha value is -1.23. The van der Waals surface area contributed by atoms with Crippen LogP contribution in [0.2, 0.25) is 0 Å². The Bertz CT molecular complexity index is 492. The molecule has 19 heavy (non-hydrogen) atoms. The zero-order chi connectivity index (χ0) is 13.5. The molecule has 0 bridgehead atoms. The first-order chi connectivity index (χ1) is 8.56. The van der Waals surface area contributed by atoms with Crippen molar-refractivity contribution in [2.24, 2.45) is 0 Å². The van der Waals surface area contributed by atoms with Crippen molar-refractivity contribution in [3.63, 3.8) is 0 Å². The fourth-order valence-corrected chi connectivity index (χ4v) is 1.42. The number of methoxy groups -OCH3 is 2. The van der Waals surface area contributed by atoms with E-state index in [-0.39, 0.29) is 29.6 Å². The van der Waals surface area contributed by atoms with Gasteiger partial charge in [-0.25, -0.2) is 4.79 Å². The normalized spacial score (nSPS) is 11.0. The molecule has 0 spiro atoms. The number of ether oxygens (including phenoxy) is 2. The molecule has 1 aromatic rings. The van der Waals surface area contributed by atoms with Crippen LogP contribution in [-0.4, -0.2) is 25.3 Å². The van der Waals surface area contributed by atoms with Crippen molar-refractivity contribution >= 4 is 12.0 Å². The number of carboxylic acids is 1. The van der Waals surface area contributed by atoms with E-state index >= 15 is 0 Å². The number of allylic oxidation sites excluding steroid dienone is 2. The van der Waals surface area contributed by atoms with Crippen LogP contribution in [0.3, 0.4) is 0 Å². The summed E-state index contributed by atoms with van der Waals surface area (Å²) in [5, 5.41) is 8.60. The fraction of sp³-hybridized carbons (Fsp3) is 0.214. The van der Waals surface area contributed by atoms with E-state index in [1.165, 1.54) is 0 Å². The molecule has 0 radical (unpaired) electrons. The molecular formula is C14H16NaO4+. The summed E-state index contributed by atoms with van der Waals surface area (Å²) >= 11 is 0. The molecule has 0 aliphatic rings. The smallest absolute Gasteiger partial charge is 0.497 e. The topological polar surface area (TPSA) is 55.8 Å². The van der Waals surface area contributed by atoms with Gasteiger partial charge in [0.25, 0.3) is 0 Å². The van der Waals surface area contributed by atoms with Crippen molar-refractivity contribution in [1.29, 1.82) is 0 Å². The Balaban J connectivity index is 0.00000324. The summed E-state index contributed by atoms with van der Waals surface area (Å²) in [5.74, 6) is 0.425. The van der Waals surface area contributed by atoms with Gasteiger partial charge in [-0.2, -0.15) is 0 Å². The summed E-state index contributed by atoms with van der Waals surface area (Å²) in [6, 6.07) is 5.44. The minimum Gasteiger partial charge on any atom is -0.497 e. The van der Waals surface area contributed by atoms with Gasteiger partial charge in [0.2, 0.25) is 0 Å². The predicted molar refractivity (Wildman–Crippen MR) is 70.0 cm³/mol. The zero-order valence-corrected chi connectivity index (χ0v) is 13.6. The Labute approximate surface area is 135 Å². The van der Waals surface area contributed by atoms with Gasteiger partial charge in [-0.15, -0.1) is 0 Å². The van der Waals surface area contributed by atoms with Gasteiger partial charge in [0.1, 0.15) is 11.5 Å².